The molecule has 24 heavy (non-hydrogen) atoms. The minimum Gasteiger partial charge on any atom is -0.342 e. The molecule has 0 aliphatic carbocycles. The molecule has 1 aromatic rings. The first-order chi connectivity index (χ1) is 11.7. The highest BCUT2D eigenvalue weighted by atomic mass is 16.2. The largest absolute Gasteiger partial charge is 0.342 e. The molecule has 3 heterocycles. The lowest BCUT2D eigenvalue weighted by Crippen LogP contribution is -2.52. The second-order valence-electron chi connectivity index (χ2n) is 6.38. The van der Waals surface area contributed by atoms with Crippen LogP contribution in [0.3, 0.4) is 0 Å². The van der Waals surface area contributed by atoms with E-state index in [4.69, 9.17) is 0 Å². The predicted octanol–water partition coefficient (Wildman–Crippen LogP) is 1.24. The Morgan fingerprint density at radius 3 is 2.42 bits per heavy atom. The molecule has 0 saturated carbocycles. The molecule has 2 aliphatic rings. The molecule has 7 heteroatoms. The fourth-order valence-corrected chi connectivity index (χ4v) is 3.18. The topological polar surface area (TPSA) is 68.8 Å². The van der Waals surface area contributed by atoms with E-state index in [0.717, 1.165) is 39.0 Å². The molecule has 7 nitrogen and oxygen atoms in total. The Hall–Kier alpha value is -2.15. The molecule has 0 unspecified atom stereocenters. The summed E-state index contributed by atoms with van der Waals surface area (Å²) < 4.78 is 0. The fourth-order valence-electron chi connectivity index (χ4n) is 3.18. The summed E-state index contributed by atoms with van der Waals surface area (Å²) in [6.07, 6.45) is 6.77. The lowest BCUT2D eigenvalue weighted by molar-refractivity contribution is -0.133. The van der Waals surface area contributed by atoms with Crippen LogP contribution in [0.4, 0.5) is 10.5 Å². The number of amides is 3. The fraction of sp³-hybridized carbons (Fsp3) is 0.588. The maximum Gasteiger partial charge on any atom is 0.321 e. The molecule has 130 valence electrons. The van der Waals surface area contributed by atoms with Crippen molar-refractivity contribution in [2.75, 3.05) is 51.1 Å². The van der Waals surface area contributed by atoms with Gasteiger partial charge in [-0.2, -0.15) is 0 Å². The maximum atomic E-state index is 12.3. The van der Waals surface area contributed by atoms with Gasteiger partial charge < -0.3 is 15.1 Å². The van der Waals surface area contributed by atoms with E-state index in [1.807, 2.05) is 11.0 Å². The second-order valence-corrected chi connectivity index (χ2v) is 6.38. The van der Waals surface area contributed by atoms with Gasteiger partial charge in [0.1, 0.15) is 0 Å². The Labute approximate surface area is 142 Å². The number of nitrogens with zero attached hydrogens (tertiary/aromatic N) is 4. The Morgan fingerprint density at radius 2 is 1.75 bits per heavy atom. The standard InChI is InChI=1S/C17H25N5O2/c23-16(21-7-2-1-3-8-21)14-20-9-11-22(12-10-20)17(24)19-15-5-4-6-18-13-15/h4-6,13H,1-3,7-12,14H2,(H,19,24). The molecule has 1 aromatic heterocycles. The lowest BCUT2D eigenvalue weighted by atomic mass is 10.1. The number of aromatic nitrogens is 1. The normalized spacial score (nSPS) is 19.2. The number of urea groups is 1. The van der Waals surface area contributed by atoms with Crippen molar-refractivity contribution < 1.29 is 9.59 Å². The van der Waals surface area contributed by atoms with E-state index >= 15 is 0 Å². The van der Waals surface area contributed by atoms with Crippen LogP contribution < -0.4 is 5.32 Å². The zero-order chi connectivity index (χ0) is 16.8. The summed E-state index contributed by atoms with van der Waals surface area (Å²) in [7, 11) is 0. The van der Waals surface area contributed by atoms with Gasteiger partial charge in [0.25, 0.3) is 0 Å². The monoisotopic (exact) mass is 331 g/mol. The highest BCUT2D eigenvalue weighted by molar-refractivity contribution is 5.89. The molecule has 0 spiro atoms. The SMILES string of the molecule is O=C(CN1CCN(C(=O)Nc2cccnc2)CC1)N1CCCCC1. The summed E-state index contributed by atoms with van der Waals surface area (Å²) in [5, 5.41) is 2.85. The highest BCUT2D eigenvalue weighted by Crippen LogP contribution is 2.11. The zero-order valence-electron chi connectivity index (χ0n) is 14.0. The van der Waals surface area contributed by atoms with Gasteiger partial charge in [0.05, 0.1) is 18.4 Å². The van der Waals surface area contributed by atoms with Crippen LogP contribution in [-0.2, 0) is 4.79 Å². The Balaban J connectivity index is 1.42. The number of nitrogens with one attached hydrogen (secondary N) is 1. The number of carbonyl (C=O) groups is 2. The van der Waals surface area contributed by atoms with Gasteiger partial charge in [-0.25, -0.2) is 4.79 Å². The molecule has 1 N–H and O–H groups in total. The van der Waals surface area contributed by atoms with Gasteiger partial charge in [-0.05, 0) is 31.4 Å². The summed E-state index contributed by atoms with van der Waals surface area (Å²) in [6, 6.07) is 3.50. The van der Waals surface area contributed by atoms with Crippen LogP contribution in [0.5, 0.6) is 0 Å². The van der Waals surface area contributed by atoms with E-state index < -0.39 is 0 Å². The van der Waals surface area contributed by atoms with Crippen LogP contribution in [0.2, 0.25) is 0 Å². The first-order valence-electron chi connectivity index (χ1n) is 8.68. The van der Waals surface area contributed by atoms with Crippen LogP contribution in [0.1, 0.15) is 19.3 Å². The number of carbonyl (C=O) groups excluding carboxylic acids is 2. The molecular weight excluding hydrogens is 306 g/mol. The third-order valence-electron chi connectivity index (χ3n) is 4.64. The van der Waals surface area contributed by atoms with E-state index in [1.54, 1.807) is 23.4 Å². The zero-order valence-corrected chi connectivity index (χ0v) is 14.0. The smallest absolute Gasteiger partial charge is 0.321 e. The maximum absolute atomic E-state index is 12.3. The van der Waals surface area contributed by atoms with Crippen molar-refractivity contribution in [3.05, 3.63) is 24.5 Å². The average Bonchev–Trinajstić information content (AvgIpc) is 2.64. The van der Waals surface area contributed by atoms with Crippen molar-refractivity contribution in [1.82, 2.24) is 19.7 Å². The molecule has 0 bridgehead atoms. The van der Waals surface area contributed by atoms with E-state index in [9.17, 15) is 9.59 Å². The Bertz CT molecular complexity index is 551. The van der Waals surface area contributed by atoms with Gasteiger partial charge in [0, 0.05) is 45.5 Å². The van der Waals surface area contributed by atoms with Crippen molar-refractivity contribution in [3.8, 4) is 0 Å². The Morgan fingerprint density at radius 1 is 1.00 bits per heavy atom. The highest BCUT2D eigenvalue weighted by Gasteiger charge is 2.24. The quantitative estimate of drug-likeness (QED) is 0.905. The molecule has 2 fully saturated rings. The van der Waals surface area contributed by atoms with Gasteiger partial charge in [-0.1, -0.05) is 0 Å². The summed E-state index contributed by atoms with van der Waals surface area (Å²) in [4.78, 5) is 34.4. The molecular formula is C17H25N5O2. The molecule has 0 aromatic carbocycles. The summed E-state index contributed by atoms with van der Waals surface area (Å²) in [5.74, 6) is 0.225. The van der Waals surface area contributed by atoms with Gasteiger partial charge in [0.15, 0.2) is 0 Å². The average molecular weight is 331 g/mol. The van der Waals surface area contributed by atoms with E-state index in [2.05, 4.69) is 15.2 Å². The summed E-state index contributed by atoms with van der Waals surface area (Å²) in [5.41, 5.74) is 0.699. The van der Waals surface area contributed by atoms with Crippen LogP contribution >= 0.6 is 0 Å². The van der Waals surface area contributed by atoms with Crippen LogP contribution in [-0.4, -0.2) is 77.4 Å². The molecule has 0 radical (unpaired) electrons. The van der Waals surface area contributed by atoms with Gasteiger partial charge in [-0.15, -0.1) is 0 Å². The Kier molecular flexibility index (Phi) is 5.63. The third kappa shape index (κ3) is 4.44. The van der Waals surface area contributed by atoms with Crippen LogP contribution in [0.25, 0.3) is 0 Å². The van der Waals surface area contributed by atoms with E-state index in [1.165, 1.54) is 6.42 Å². The molecule has 3 amide bonds. The van der Waals surface area contributed by atoms with Crippen LogP contribution in [0.15, 0.2) is 24.5 Å². The third-order valence-corrected chi connectivity index (χ3v) is 4.64. The number of hydrogen-bond donors (Lipinski definition) is 1. The molecule has 2 aliphatic heterocycles. The molecule has 0 atom stereocenters. The number of likely N-dealkylation sites (tertiary alicyclic amines) is 1. The second kappa shape index (κ2) is 8.10. The van der Waals surface area contributed by atoms with Crippen molar-refractivity contribution >= 4 is 17.6 Å². The number of hydrogen-bond acceptors (Lipinski definition) is 4. The number of rotatable bonds is 3. The lowest BCUT2D eigenvalue weighted by Gasteiger charge is -2.36. The minimum absolute atomic E-state index is 0.106. The first-order valence-corrected chi connectivity index (χ1v) is 8.68. The number of pyridine rings is 1. The van der Waals surface area contributed by atoms with Crippen molar-refractivity contribution in [2.24, 2.45) is 0 Å². The van der Waals surface area contributed by atoms with Crippen LogP contribution in [0, 0.1) is 0 Å². The first kappa shape index (κ1) is 16.7. The molecule has 3 rings (SSSR count). The van der Waals surface area contributed by atoms with Crippen molar-refractivity contribution in [1.29, 1.82) is 0 Å². The summed E-state index contributed by atoms with van der Waals surface area (Å²) in [6.45, 7) is 5.01. The van der Waals surface area contributed by atoms with Gasteiger partial charge >= 0.3 is 6.03 Å². The van der Waals surface area contributed by atoms with Crippen molar-refractivity contribution in [2.45, 2.75) is 19.3 Å². The van der Waals surface area contributed by atoms with Crippen molar-refractivity contribution in [3.63, 3.8) is 0 Å². The molecule has 2 saturated heterocycles. The van der Waals surface area contributed by atoms with Gasteiger partial charge in [0.2, 0.25) is 5.91 Å². The minimum atomic E-state index is -0.106. The van der Waals surface area contributed by atoms with Gasteiger partial charge in [-0.3, -0.25) is 14.7 Å². The summed E-state index contributed by atoms with van der Waals surface area (Å²) >= 11 is 0. The number of anilines is 1. The van der Waals surface area contributed by atoms with E-state index in [0.29, 0.717) is 25.3 Å². The predicted molar refractivity (Wildman–Crippen MR) is 91.7 cm³/mol. The van der Waals surface area contributed by atoms with E-state index in [-0.39, 0.29) is 11.9 Å². The number of piperidine rings is 1. The number of piperazine rings is 1.